The largest absolute Gasteiger partial charge is 0.497 e. The summed E-state index contributed by atoms with van der Waals surface area (Å²) in [6, 6.07) is 8.37. The Morgan fingerprint density at radius 3 is 2.24 bits per heavy atom. The predicted octanol–water partition coefficient (Wildman–Crippen LogP) is 5.50. The van der Waals surface area contributed by atoms with Gasteiger partial charge in [0.1, 0.15) is 44.7 Å². The Morgan fingerprint density at radius 2 is 1.62 bits per heavy atom. The Labute approximate surface area is 453 Å². The van der Waals surface area contributed by atoms with Gasteiger partial charge in [0.15, 0.2) is 30.8 Å². The van der Waals surface area contributed by atoms with Crippen LogP contribution in [0.2, 0.25) is 0 Å². The van der Waals surface area contributed by atoms with E-state index in [9.17, 15) is 33.6 Å². The number of rotatable bonds is 17. The number of carbonyl (C=O) groups excluding carboxylic acids is 1. The number of oxazole rings is 1. The second-order valence-corrected chi connectivity index (χ2v) is 25.3. The number of hydrogen-bond acceptors (Lipinski definition) is 20. The maximum Gasteiger partial charge on any atom is 0.311 e. The van der Waals surface area contributed by atoms with Gasteiger partial charge in [-0.05, 0) is 130 Å². The minimum absolute atomic E-state index is 0.0117. The van der Waals surface area contributed by atoms with Gasteiger partial charge < -0.3 is 73.4 Å². The Kier molecular flexibility index (Phi) is 20.7. The molecule has 1 unspecified atom stereocenters. The van der Waals surface area contributed by atoms with Gasteiger partial charge in [-0.3, -0.25) is 4.79 Å². The summed E-state index contributed by atoms with van der Waals surface area (Å²) in [6.45, 7) is 20.3. The summed E-state index contributed by atoms with van der Waals surface area (Å²) >= 11 is 1.03. The van der Waals surface area contributed by atoms with E-state index in [0.717, 1.165) is 17.8 Å². The first-order valence-electron chi connectivity index (χ1n) is 26.6. The van der Waals surface area contributed by atoms with Gasteiger partial charge >= 0.3 is 5.97 Å². The number of esters is 1. The highest BCUT2D eigenvalue weighted by atomic mass is 32.2. The second kappa shape index (κ2) is 25.4. The summed E-state index contributed by atoms with van der Waals surface area (Å²) in [7, 11) is 0.312. The first kappa shape index (κ1) is 61.9. The van der Waals surface area contributed by atoms with E-state index in [-0.39, 0.29) is 48.9 Å². The molecule has 0 bridgehead atoms. The molecule has 6 N–H and O–H groups in total. The molecule has 3 fully saturated rings. The van der Waals surface area contributed by atoms with Crippen LogP contribution in [0.5, 0.6) is 11.5 Å². The standard InChI is InChI=1S/C54H86N4O16S2/c1-15-23-55-29-54(63)36(8)70-43(26-52(54,10)67-14)73-45-33(5)48(51(9,61)25-31(3)27-57-35(7)47(59)53(11,62)42(16-2)72-49(60)34(45)6)74-50-46(71-38-19-17-37(66-13)18-20-38)39(24-32(4)69-50)58(12)76(64,65)44-22-21-41(75-44)40-28-56-30-68-40/h17-22,28,30-36,39,42-43,45-48,50,55,57,59,61-63H,15-16,23-27,29H2,1-14H3/t31-,32-,33+,34-,35-,36+,39+,42-,43?,45+,46-,47-,48-,50+,51-,52-,53-,54+/m1/s1. The third-order valence-electron chi connectivity index (χ3n) is 16.0. The van der Waals surface area contributed by atoms with Crippen molar-refractivity contribution in [2.45, 2.75) is 202 Å². The van der Waals surface area contributed by atoms with Crippen molar-refractivity contribution in [1.29, 1.82) is 0 Å². The molecule has 22 heteroatoms. The maximum atomic E-state index is 14.8. The van der Waals surface area contributed by atoms with Crippen molar-refractivity contribution in [3.8, 4) is 22.1 Å². The van der Waals surface area contributed by atoms with Gasteiger partial charge in [-0.25, -0.2) is 13.4 Å². The van der Waals surface area contributed by atoms with Gasteiger partial charge in [-0.15, -0.1) is 11.3 Å². The number of nitrogens with zero attached hydrogens (tertiary/aromatic N) is 2. The maximum absolute atomic E-state index is 14.8. The monoisotopic (exact) mass is 1110 g/mol. The Morgan fingerprint density at radius 1 is 0.934 bits per heavy atom. The van der Waals surface area contributed by atoms with E-state index in [2.05, 4.69) is 15.6 Å². The van der Waals surface area contributed by atoms with Crippen LogP contribution in [0.25, 0.3) is 10.6 Å². The first-order chi connectivity index (χ1) is 35.7. The fourth-order valence-corrected chi connectivity index (χ4v) is 14.0. The van der Waals surface area contributed by atoms with Crippen LogP contribution in [0.15, 0.2) is 57.6 Å². The third-order valence-corrected chi connectivity index (χ3v) is 19.5. The molecule has 18 atom stereocenters. The number of ether oxygens (including phenoxy) is 8. The van der Waals surface area contributed by atoms with Crippen molar-refractivity contribution in [3.05, 3.63) is 49.0 Å². The number of carbonyl (C=O) groups is 1. The fourth-order valence-electron chi connectivity index (χ4n) is 11.2. The van der Waals surface area contributed by atoms with E-state index in [1.807, 2.05) is 13.8 Å². The molecule has 3 aliphatic rings. The molecule has 20 nitrogen and oxygen atoms in total. The summed E-state index contributed by atoms with van der Waals surface area (Å²) in [5, 5.41) is 55.6. The van der Waals surface area contributed by atoms with Crippen LogP contribution in [0, 0.1) is 17.8 Å². The average molecular weight is 1110 g/mol. The lowest BCUT2D eigenvalue weighted by Crippen LogP contribution is -2.70. The Bertz CT molecular complexity index is 2410. The molecule has 0 spiro atoms. The summed E-state index contributed by atoms with van der Waals surface area (Å²) in [6.07, 6.45) is -6.11. The van der Waals surface area contributed by atoms with Gasteiger partial charge in [0.05, 0.1) is 60.2 Å². The molecule has 3 aliphatic heterocycles. The smallest absolute Gasteiger partial charge is 0.311 e. The number of likely N-dealkylation sites (N-methyl/N-ethyl adjacent to an activating group) is 1. The number of aromatic nitrogens is 1. The lowest BCUT2D eigenvalue weighted by atomic mass is 9.75. The Balaban J connectivity index is 1.47. The number of methoxy groups -OCH3 is 2. The lowest BCUT2D eigenvalue weighted by Gasteiger charge is -2.53. The third kappa shape index (κ3) is 13.5. The molecule has 1 aromatic carbocycles. The van der Waals surface area contributed by atoms with E-state index < -0.39 is 118 Å². The predicted molar refractivity (Wildman–Crippen MR) is 284 cm³/mol. The topological polar surface area (TPSA) is 259 Å². The lowest BCUT2D eigenvalue weighted by molar-refractivity contribution is -0.335. The average Bonchev–Trinajstić information content (AvgIpc) is 4.11. The number of thiophene rings is 1. The van der Waals surface area contributed by atoms with Crippen molar-refractivity contribution in [2.75, 3.05) is 40.9 Å². The van der Waals surface area contributed by atoms with Crippen molar-refractivity contribution >= 4 is 27.3 Å². The quantitative estimate of drug-likeness (QED) is 0.0720. The van der Waals surface area contributed by atoms with Gasteiger partial charge in [0, 0.05) is 39.1 Å². The van der Waals surface area contributed by atoms with Gasteiger partial charge in [-0.1, -0.05) is 27.7 Å². The molecule has 0 radical (unpaired) electrons. The number of nitrogens with one attached hydrogen (secondary N) is 2. The van der Waals surface area contributed by atoms with Crippen LogP contribution >= 0.6 is 11.3 Å². The molecule has 6 rings (SSSR count). The minimum Gasteiger partial charge on any atom is -0.497 e. The highest BCUT2D eigenvalue weighted by Gasteiger charge is 2.59. The summed E-state index contributed by atoms with van der Waals surface area (Å²) in [4.78, 5) is 19.3. The van der Waals surface area contributed by atoms with E-state index in [1.165, 1.54) is 44.0 Å². The SMILES string of the molecule is CCCNC[C@]1(O)[C@H](C)OC(O[C@H]2[C@H](C)[C@@H](O[C@@H]3O[C@H](C)C[C@H](N(C)S(=O)(=O)c4ccc(-c5cnco5)s4)[C@H]3Oc3ccc(OC)cc3)[C@](C)(O)C[C@@H](C)CN[C@H](C)[C@@H](O)[C@](C)(O)[C@@H](CC)OC(=O)[C@@H]2C)C[C@@]1(C)OC. The van der Waals surface area contributed by atoms with Crippen molar-refractivity contribution < 1.29 is 76.0 Å². The molecule has 76 heavy (non-hydrogen) atoms. The molecular weight excluding hydrogens is 1020 g/mol. The van der Waals surface area contributed by atoms with Gasteiger partial charge in [0.25, 0.3) is 10.0 Å². The van der Waals surface area contributed by atoms with E-state index in [0.29, 0.717) is 28.7 Å². The van der Waals surface area contributed by atoms with Crippen LogP contribution in [0.4, 0.5) is 0 Å². The highest BCUT2D eigenvalue weighted by Crippen LogP contribution is 2.44. The summed E-state index contributed by atoms with van der Waals surface area (Å²) in [5.41, 5.74) is -6.41. The minimum atomic E-state index is -4.23. The second-order valence-electron chi connectivity index (χ2n) is 22.0. The van der Waals surface area contributed by atoms with Gasteiger partial charge in [0.2, 0.25) is 0 Å². The molecule has 2 aromatic heterocycles. The number of cyclic esters (lactones) is 1. The zero-order valence-electron chi connectivity index (χ0n) is 46.8. The Hall–Kier alpha value is -3.33. The number of sulfonamides is 1. The number of aliphatic hydroxyl groups is 4. The van der Waals surface area contributed by atoms with Crippen LogP contribution in [0.3, 0.4) is 0 Å². The zero-order valence-corrected chi connectivity index (χ0v) is 48.4. The van der Waals surface area contributed by atoms with Crippen molar-refractivity contribution in [2.24, 2.45) is 17.8 Å². The number of benzene rings is 1. The summed E-state index contributed by atoms with van der Waals surface area (Å²) < 4.78 is 88.3. The van der Waals surface area contributed by atoms with Crippen LogP contribution in [-0.4, -0.2) is 175 Å². The van der Waals surface area contributed by atoms with Crippen LogP contribution in [-0.2, 0) is 43.2 Å². The zero-order chi connectivity index (χ0) is 56.1. The highest BCUT2D eigenvalue weighted by molar-refractivity contribution is 7.91. The van der Waals surface area contributed by atoms with Crippen molar-refractivity contribution in [1.82, 2.24) is 19.9 Å². The van der Waals surface area contributed by atoms with E-state index in [4.69, 9.17) is 42.3 Å². The van der Waals surface area contributed by atoms with E-state index in [1.54, 1.807) is 92.8 Å². The van der Waals surface area contributed by atoms with E-state index >= 15 is 0 Å². The summed E-state index contributed by atoms with van der Waals surface area (Å²) in [5.74, 6) is -1.85. The van der Waals surface area contributed by atoms with Gasteiger partial charge in [-0.2, -0.15) is 4.31 Å². The van der Waals surface area contributed by atoms with Crippen LogP contribution < -0.4 is 20.1 Å². The number of hydrogen-bond donors (Lipinski definition) is 6. The molecule has 3 saturated heterocycles. The molecule has 0 aliphatic carbocycles. The molecule has 0 amide bonds. The molecule has 0 saturated carbocycles. The molecule has 3 aromatic rings. The van der Waals surface area contributed by atoms with Crippen molar-refractivity contribution in [3.63, 3.8) is 0 Å². The first-order valence-corrected chi connectivity index (χ1v) is 28.9. The molecule has 430 valence electrons. The molecule has 5 heterocycles. The molecular formula is C54H86N4O16S2. The normalized spacial score (nSPS) is 38.5. The number of aliphatic hydroxyl groups excluding tert-OH is 1. The van der Waals surface area contributed by atoms with Crippen LogP contribution in [0.1, 0.15) is 108 Å². The fraction of sp³-hybridized carbons (Fsp3) is 0.741.